The third kappa shape index (κ3) is 5.85. The molecule has 1 aromatic carbocycles. The number of aliphatic hydroxyl groups is 1. The average molecular weight is 236 g/mol. The first-order valence-electron chi connectivity index (χ1n) is 6.44. The molecular formula is C15H24O2. The molecule has 0 saturated heterocycles. The van der Waals surface area contributed by atoms with E-state index in [1.165, 1.54) is 0 Å². The van der Waals surface area contributed by atoms with Gasteiger partial charge in [0.15, 0.2) is 0 Å². The van der Waals surface area contributed by atoms with Crippen LogP contribution in [0.1, 0.15) is 45.3 Å². The van der Waals surface area contributed by atoms with Gasteiger partial charge in [0.25, 0.3) is 0 Å². The van der Waals surface area contributed by atoms with E-state index in [0.29, 0.717) is 18.9 Å². The fourth-order valence-electron chi connectivity index (χ4n) is 1.95. The van der Waals surface area contributed by atoms with Crippen LogP contribution in [0.2, 0.25) is 0 Å². The van der Waals surface area contributed by atoms with Crippen LogP contribution in [0.25, 0.3) is 0 Å². The lowest BCUT2D eigenvalue weighted by atomic mass is 10.1. The van der Waals surface area contributed by atoms with Crippen LogP contribution < -0.4 is 0 Å². The van der Waals surface area contributed by atoms with Crippen molar-refractivity contribution in [3.05, 3.63) is 35.9 Å². The van der Waals surface area contributed by atoms with Gasteiger partial charge in [0.1, 0.15) is 0 Å². The molecule has 0 aliphatic heterocycles. The first kappa shape index (κ1) is 14.2. The molecule has 2 nitrogen and oxygen atoms in total. The lowest BCUT2D eigenvalue weighted by Crippen LogP contribution is -2.13. The second-order valence-electron chi connectivity index (χ2n) is 5.03. The molecule has 0 spiro atoms. The molecule has 1 rings (SSSR count). The first-order valence-corrected chi connectivity index (χ1v) is 6.44. The molecule has 17 heavy (non-hydrogen) atoms. The summed E-state index contributed by atoms with van der Waals surface area (Å²) in [6.07, 6.45) is 1.59. The molecular weight excluding hydrogens is 212 g/mol. The summed E-state index contributed by atoms with van der Waals surface area (Å²) in [5.74, 6) is 0.657. The number of hydrogen-bond donors (Lipinski definition) is 1. The summed E-state index contributed by atoms with van der Waals surface area (Å²) < 4.78 is 5.68. The van der Waals surface area contributed by atoms with Gasteiger partial charge in [-0.25, -0.2) is 0 Å². The van der Waals surface area contributed by atoms with Gasteiger partial charge in [-0.2, -0.15) is 0 Å². The average Bonchev–Trinajstić information content (AvgIpc) is 2.29. The second-order valence-corrected chi connectivity index (χ2v) is 5.03. The SMILES string of the molecule is CC(C)CC(C)OCCC(O)c1ccccc1. The normalized spacial score (nSPS) is 14.9. The Morgan fingerprint density at radius 2 is 1.76 bits per heavy atom. The maximum Gasteiger partial charge on any atom is 0.0812 e. The highest BCUT2D eigenvalue weighted by Gasteiger charge is 2.09. The van der Waals surface area contributed by atoms with Gasteiger partial charge >= 0.3 is 0 Å². The van der Waals surface area contributed by atoms with Crippen LogP contribution in [-0.2, 0) is 4.74 Å². The highest BCUT2D eigenvalue weighted by atomic mass is 16.5. The van der Waals surface area contributed by atoms with E-state index in [1.54, 1.807) is 0 Å². The highest BCUT2D eigenvalue weighted by Crippen LogP contribution is 2.16. The minimum Gasteiger partial charge on any atom is -0.388 e. The molecule has 2 atom stereocenters. The number of ether oxygens (including phenoxy) is 1. The van der Waals surface area contributed by atoms with Crippen LogP contribution in [0.15, 0.2) is 30.3 Å². The summed E-state index contributed by atoms with van der Waals surface area (Å²) in [4.78, 5) is 0. The Morgan fingerprint density at radius 3 is 2.35 bits per heavy atom. The van der Waals surface area contributed by atoms with E-state index in [2.05, 4.69) is 20.8 Å². The lowest BCUT2D eigenvalue weighted by Gasteiger charge is -2.17. The van der Waals surface area contributed by atoms with Crippen LogP contribution in [0.4, 0.5) is 0 Å². The van der Waals surface area contributed by atoms with E-state index in [4.69, 9.17) is 4.74 Å². The van der Waals surface area contributed by atoms with Gasteiger partial charge in [-0.05, 0) is 24.8 Å². The Bertz CT molecular complexity index is 295. The van der Waals surface area contributed by atoms with Crippen molar-refractivity contribution in [1.29, 1.82) is 0 Å². The monoisotopic (exact) mass is 236 g/mol. The van der Waals surface area contributed by atoms with Crippen molar-refractivity contribution in [2.45, 2.75) is 45.8 Å². The van der Waals surface area contributed by atoms with E-state index >= 15 is 0 Å². The Kier molecular flexibility index (Phi) is 6.23. The summed E-state index contributed by atoms with van der Waals surface area (Å²) in [6.45, 7) is 7.09. The summed E-state index contributed by atoms with van der Waals surface area (Å²) >= 11 is 0. The van der Waals surface area contributed by atoms with Crippen molar-refractivity contribution in [2.24, 2.45) is 5.92 Å². The van der Waals surface area contributed by atoms with E-state index in [0.717, 1.165) is 12.0 Å². The maximum atomic E-state index is 9.94. The molecule has 2 unspecified atom stereocenters. The molecule has 1 aromatic rings. The molecule has 0 radical (unpaired) electrons. The second kappa shape index (κ2) is 7.46. The minimum absolute atomic E-state index is 0.276. The Balaban J connectivity index is 2.23. The molecule has 96 valence electrons. The van der Waals surface area contributed by atoms with Gasteiger partial charge in [0.2, 0.25) is 0 Å². The van der Waals surface area contributed by atoms with Crippen LogP contribution in [0.5, 0.6) is 0 Å². The number of rotatable bonds is 7. The van der Waals surface area contributed by atoms with Crippen molar-refractivity contribution in [1.82, 2.24) is 0 Å². The van der Waals surface area contributed by atoms with Crippen LogP contribution >= 0.6 is 0 Å². The first-order chi connectivity index (χ1) is 8.09. The lowest BCUT2D eigenvalue weighted by molar-refractivity contribution is 0.0274. The Hall–Kier alpha value is -0.860. The maximum absolute atomic E-state index is 9.94. The van der Waals surface area contributed by atoms with Gasteiger partial charge < -0.3 is 9.84 Å². The molecule has 0 aromatic heterocycles. The summed E-state index contributed by atoms with van der Waals surface area (Å²) in [6, 6.07) is 9.74. The molecule has 1 N–H and O–H groups in total. The van der Waals surface area contributed by atoms with Gasteiger partial charge in [-0.3, -0.25) is 0 Å². The standard InChI is InChI=1S/C15H24O2/c1-12(2)11-13(3)17-10-9-15(16)14-7-5-4-6-8-14/h4-8,12-13,15-16H,9-11H2,1-3H3. The molecule has 0 aliphatic carbocycles. The predicted molar refractivity (Wildman–Crippen MR) is 70.9 cm³/mol. The molecule has 0 bridgehead atoms. The Morgan fingerprint density at radius 1 is 1.12 bits per heavy atom. The zero-order chi connectivity index (χ0) is 12.7. The Labute approximate surface area is 105 Å². The third-order valence-electron chi connectivity index (χ3n) is 2.78. The summed E-state index contributed by atoms with van der Waals surface area (Å²) in [7, 11) is 0. The van der Waals surface area contributed by atoms with Gasteiger partial charge in [0, 0.05) is 13.0 Å². The number of benzene rings is 1. The zero-order valence-corrected chi connectivity index (χ0v) is 11.1. The number of hydrogen-bond acceptors (Lipinski definition) is 2. The molecule has 0 heterocycles. The smallest absolute Gasteiger partial charge is 0.0812 e. The van der Waals surface area contributed by atoms with Gasteiger partial charge in [0.05, 0.1) is 12.2 Å². The van der Waals surface area contributed by atoms with E-state index in [1.807, 2.05) is 30.3 Å². The van der Waals surface area contributed by atoms with E-state index < -0.39 is 6.10 Å². The topological polar surface area (TPSA) is 29.5 Å². The summed E-state index contributed by atoms with van der Waals surface area (Å²) in [5, 5.41) is 9.94. The van der Waals surface area contributed by atoms with Crippen LogP contribution in [-0.4, -0.2) is 17.8 Å². The summed E-state index contributed by atoms with van der Waals surface area (Å²) in [5.41, 5.74) is 0.965. The molecule has 0 aliphatic rings. The van der Waals surface area contributed by atoms with E-state index in [-0.39, 0.29) is 6.10 Å². The molecule has 0 fully saturated rings. The highest BCUT2D eigenvalue weighted by molar-refractivity contribution is 5.16. The van der Waals surface area contributed by atoms with Crippen molar-refractivity contribution in [3.8, 4) is 0 Å². The fraction of sp³-hybridized carbons (Fsp3) is 0.600. The minimum atomic E-state index is -0.414. The van der Waals surface area contributed by atoms with Crippen LogP contribution in [0, 0.1) is 5.92 Å². The van der Waals surface area contributed by atoms with E-state index in [9.17, 15) is 5.11 Å². The van der Waals surface area contributed by atoms with Crippen molar-refractivity contribution in [2.75, 3.05) is 6.61 Å². The van der Waals surface area contributed by atoms with Crippen molar-refractivity contribution >= 4 is 0 Å². The molecule has 0 amide bonds. The van der Waals surface area contributed by atoms with Crippen molar-refractivity contribution < 1.29 is 9.84 Å². The van der Waals surface area contributed by atoms with Crippen molar-refractivity contribution in [3.63, 3.8) is 0 Å². The fourth-order valence-corrected chi connectivity index (χ4v) is 1.95. The molecule has 0 saturated carbocycles. The van der Waals surface area contributed by atoms with Gasteiger partial charge in [-0.1, -0.05) is 44.2 Å². The van der Waals surface area contributed by atoms with Crippen LogP contribution in [0.3, 0.4) is 0 Å². The largest absolute Gasteiger partial charge is 0.388 e. The van der Waals surface area contributed by atoms with Gasteiger partial charge in [-0.15, -0.1) is 0 Å². The zero-order valence-electron chi connectivity index (χ0n) is 11.1. The quantitative estimate of drug-likeness (QED) is 0.784. The number of aliphatic hydroxyl groups excluding tert-OH is 1. The third-order valence-corrected chi connectivity index (χ3v) is 2.78. The predicted octanol–water partition coefficient (Wildman–Crippen LogP) is 3.56. The molecule has 2 heteroatoms.